The molecule has 0 saturated heterocycles. The lowest BCUT2D eigenvalue weighted by atomic mass is 9.76. The number of hydrogen-bond donors (Lipinski definition) is 1. The molecule has 3 atom stereocenters. The average Bonchev–Trinajstić information content (AvgIpc) is 2.22. The van der Waals surface area contributed by atoms with Gasteiger partial charge in [0.05, 0.1) is 11.4 Å². The van der Waals surface area contributed by atoms with Crippen molar-refractivity contribution >= 4 is 9.84 Å². The average molecular weight is 260 g/mol. The van der Waals surface area contributed by atoms with Gasteiger partial charge in [0, 0.05) is 6.26 Å². The second kappa shape index (κ2) is 5.27. The maximum absolute atomic E-state index is 11.6. The first-order valence-corrected chi connectivity index (χ1v) is 8.79. The van der Waals surface area contributed by atoms with Crippen LogP contribution in [0.25, 0.3) is 0 Å². The number of hydrogen-bond acceptors (Lipinski definition) is 3. The predicted octanol–water partition coefficient (Wildman–Crippen LogP) is 2.14. The molecule has 2 aliphatic rings. The zero-order valence-electron chi connectivity index (χ0n) is 10.6. The summed E-state index contributed by atoms with van der Waals surface area (Å²) >= 11 is 0. The van der Waals surface area contributed by atoms with Crippen LogP contribution in [0.3, 0.4) is 0 Å². The summed E-state index contributed by atoms with van der Waals surface area (Å²) in [5, 5.41) is 9.99. The first-order chi connectivity index (χ1) is 7.97. The van der Waals surface area contributed by atoms with E-state index in [9.17, 15) is 13.5 Å². The monoisotopic (exact) mass is 260 g/mol. The molecule has 0 aliphatic heterocycles. The van der Waals surface area contributed by atoms with Crippen LogP contribution in [-0.2, 0) is 9.84 Å². The highest BCUT2D eigenvalue weighted by molar-refractivity contribution is 7.91. The fourth-order valence-electron chi connectivity index (χ4n) is 3.18. The molecular formula is C13H24O3S. The van der Waals surface area contributed by atoms with Gasteiger partial charge in [0.2, 0.25) is 0 Å². The Hall–Kier alpha value is -0.0900. The lowest BCUT2D eigenvalue weighted by Gasteiger charge is -2.35. The largest absolute Gasteiger partial charge is 0.393 e. The van der Waals surface area contributed by atoms with Crippen molar-refractivity contribution in [3.05, 3.63) is 0 Å². The zero-order valence-corrected chi connectivity index (χ0v) is 11.5. The van der Waals surface area contributed by atoms with Gasteiger partial charge in [-0.2, -0.15) is 0 Å². The van der Waals surface area contributed by atoms with Crippen LogP contribution in [0.15, 0.2) is 0 Å². The first-order valence-electron chi connectivity index (χ1n) is 6.83. The van der Waals surface area contributed by atoms with E-state index in [2.05, 4.69) is 0 Å². The third kappa shape index (κ3) is 3.44. The summed E-state index contributed by atoms with van der Waals surface area (Å²) in [6.07, 6.45) is 9.15. The van der Waals surface area contributed by atoms with E-state index in [1.807, 2.05) is 0 Å². The molecule has 17 heavy (non-hydrogen) atoms. The van der Waals surface area contributed by atoms with E-state index in [1.165, 1.54) is 25.5 Å². The number of rotatable bonds is 4. The second-order valence-electron chi connectivity index (χ2n) is 5.98. The molecule has 2 fully saturated rings. The molecule has 4 heteroatoms. The minimum atomic E-state index is -2.92. The summed E-state index contributed by atoms with van der Waals surface area (Å²) in [6.45, 7) is 0. The summed E-state index contributed by atoms with van der Waals surface area (Å²) in [6, 6.07) is 0. The summed E-state index contributed by atoms with van der Waals surface area (Å²) in [5.74, 6) is 0.910. The highest BCUT2D eigenvalue weighted by Crippen LogP contribution is 2.36. The van der Waals surface area contributed by atoms with E-state index < -0.39 is 9.84 Å². The second-order valence-corrected chi connectivity index (χ2v) is 8.30. The standard InChI is InChI=1S/C13H24O3S/c1-17(15,16)12-7-3-6-11(9-12)13(14)8-10-4-2-5-10/h10-14H,2-9H2,1H3. The maximum Gasteiger partial charge on any atom is 0.150 e. The molecule has 2 saturated carbocycles. The number of aliphatic hydroxyl groups excluding tert-OH is 1. The Labute approximate surface area is 105 Å². The van der Waals surface area contributed by atoms with Gasteiger partial charge in [-0.3, -0.25) is 0 Å². The molecule has 2 aliphatic carbocycles. The van der Waals surface area contributed by atoms with Crippen LogP contribution >= 0.6 is 0 Å². The van der Waals surface area contributed by atoms with Crippen molar-refractivity contribution in [2.75, 3.05) is 6.26 Å². The van der Waals surface area contributed by atoms with Gasteiger partial charge in [-0.1, -0.05) is 25.7 Å². The van der Waals surface area contributed by atoms with E-state index in [0.29, 0.717) is 12.3 Å². The van der Waals surface area contributed by atoms with Crippen LogP contribution in [0.1, 0.15) is 51.4 Å². The molecule has 0 aromatic heterocycles. The van der Waals surface area contributed by atoms with Gasteiger partial charge in [0.25, 0.3) is 0 Å². The Bertz CT molecular complexity index is 346. The Morgan fingerprint density at radius 2 is 1.82 bits per heavy atom. The third-order valence-corrected chi connectivity index (χ3v) is 6.26. The highest BCUT2D eigenvalue weighted by atomic mass is 32.2. The van der Waals surface area contributed by atoms with Crippen molar-refractivity contribution in [3.63, 3.8) is 0 Å². The summed E-state index contributed by atoms with van der Waals surface area (Å²) in [7, 11) is -2.92. The predicted molar refractivity (Wildman–Crippen MR) is 68.6 cm³/mol. The van der Waals surface area contributed by atoms with Crippen LogP contribution < -0.4 is 0 Å². The van der Waals surface area contributed by atoms with Gasteiger partial charge in [0.1, 0.15) is 9.84 Å². The van der Waals surface area contributed by atoms with E-state index in [-0.39, 0.29) is 17.3 Å². The lowest BCUT2D eigenvalue weighted by Crippen LogP contribution is -2.34. The zero-order chi connectivity index (χ0) is 12.5. The van der Waals surface area contributed by atoms with Crippen molar-refractivity contribution in [2.45, 2.75) is 62.7 Å². The molecule has 100 valence electrons. The van der Waals surface area contributed by atoms with Crippen molar-refractivity contribution in [1.29, 1.82) is 0 Å². The molecule has 0 aromatic rings. The highest BCUT2D eigenvalue weighted by Gasteiger charge is 2.33. The van der Waals surface area contributed by atoms with Crippen LogP contribution in [0, 0.1) is 11.8 Å². The van der Waals surface area contributed by atoms with Gasteiger partial charge < -0.3 is 5.11 Å². The Morgan fingerprint density at radius 3 is 2.35 bits per heavy atom. The topological polar surface area (TPSA) is 54.4 Å². The van der Waals surface area contributed by atoms with Crippen LogP contribution in [0.5, 0.6) is 0 Å². The molecule has 0 aromatic carbocycles. The minimum Gasteiger partial charge on any atom is -0.393 e. The van der Waals surface area contributed by atoms with E-state index >= 15 is 0 Å². The van der Waals surface area contributed by atoms with Crippen molar-refractivity contribution in [3.8, 4) is 0 Å². The van der Waals surface area contributed by atoms with Crippen molar-refractivity contribution in [2.24, 2.45) is 11.8 Å². The van der Waals surface area contributed by atoms with Gasteiger partial charge in [-0.05, 0) is 37.5 Å². The van der Waals surface area contributed by atoms with E-state index in [4.69, 9.17) is 0 Å². The Balaban J connectivity index is 1.87. The lowest BCUT2D eigenvalue weighted by molar-refractivity contribution is 0.0496. The molecule has 0 spiro atoms. The van der Waals surface area contributed by atoms with E-state index in [1.54, 1.807) is 0 Å². The quantitative estimate of drug-likeness (QED) is 0.842. The van der Waals surface area contributed by atoms with Crippen LogP contribution in [0.4, 0.5) is 0 Å². The van der Waals surface area contributed by atoms with E-state index in [0.717, 1.165) is 25.7 Å². The van der Waals surface area contributed by atoms with Crippen molar-refractivity contribution < 1.29 is 13.5 Å². The third-order valence-electron chi connectivity index (χ3n) is 4.62. The molecule has 1 N–H and O–H groups in total. The fourth-order valence-corrected chi connectivity index (χ4v) is 4.37. The van der Waals surface area contributed by atoms with Gasteiger partial charge >= 0.3 is 0 Å². The van der Waals surface area contributed by atoms with Gasteiger partial charge in [-0.15, -0.1) is 0 Å². The van der Waals surface area contributed by atoms with Gasteiger partial charge in [-0.25, -0.2) is 8.42 Å². The summed E-state index contributed by atoms with van der Waals surface area (Å²) in [5.41, 5.74) is 0. The number of aliphatic hydroxyl groups is 1. The molecule has 0 bridgehead atoms. The normalized spacial score (nSPS) is 33.1. The molecule has 2 rings (SSSR count). The SMILES string of the molecule is CS(=O)(=O)C1CCCC(C(O)CC2CCC2)C1. The first kappa shape index (κ1) is 13.3. The Morgan fingerprint density at radius 1 is 1.18 bits per heavy atom. The molecule has 3 unspecified atom stereocenters. The molecule has 0 radical (unpaired) electrons. The van der Waals surface area contributed by atoms with Crippen LogP contribution in [0.2, 0.25) is 0 Å². The summed E-state index contributed by atoms with van der Waals surface area (Å²) in [4.78, 5) is 0. The maximum atomic E-state index is 11.6. The van der Waals surface area contributed by atoms with Crippen molar-refractivity contribution in [1.82, 2.24) is 0 Å². The fraction of sp³-hybridized carbons (Fsp3) is 1.00. The Kier molecular flexibility index (Phi) is 4.14. The van der Waals surface area contributed by atoms with Gasteiger partial charge in [0.15, 0.2) is 0 Å². The minimum absolute atomic E-state index is 0.211. The summed E-state index contributed by atoms with van der Waals surface area (Å²) < 4.78 is 23.1. The molecule has 3 nitrogen and oxygen atoms in total. The smallest absolute Gasteiger partial charge is 0.150 e. The number of sulfone groups is 1. The van der Waals surface area contributed by atoms with Crippen LogP contribution in [-0.4, -0.2) is 31.1 Å². The molecular weight excluding hydrogens is 236 g/mol. The molecule has 0 heterocycles. The molecule has 0 amide bonds.